The molecule has 5 nitrogen and oxygen atoms in total. The molecule has 0 bridgehead atoms. The minimum absolute atomic E-state index is 0.00603. The topological polar surface area (TPSA) is 58.6 Å². The van der Waals surface area contributed by atoms with Gasteiger partial charge < -0.3 is 10.1 Å². The first-order chi connectivity index (χ1) is 12.3. The van der Waals surface area contributed by atoms with Gasteiger partial charge in [-0.1, -0.05) is 19.4 Å². The van der Waals surface area contributed by atoms with Gasteiger partial charge in [-0.15, -0.1) is 11.8 Å². The van der Waals surface area contributed by atoms with E-state index in [0.717, 1.165) is 18.6 Å². The molecule has 1 N–H and O–H groups in total. The number of nitrogens with one attached hydrogen (secondary N) is 1. The van der Waals surface area contributed by atoms with Gasteiger partial charge in [-0.2, -0.15) is 0 Å². The number of nitrogens with zero attached hydrogens (tertiary/aromatic N) is 1. The first kappa shape index (κ1) is 20.3. The summed E-state index contributed by atoms with van der Waals surface area (Å²) in [4.78, 5) is 27.6. The lowest BCUT2D eigenvalue weighted by Crippen LogP contribution is -2.57. The van der Waals surface area contributed by atoms with Gasteiger partial charge in [0.2, 0.25) is 5.91 Å². The zero-order valence-corrected chi connectivity index (χ0v) is 16.4. The Morgan fingerprint density at radius 2 is 2.15 bits per heavy atom. The first-order valence-corrected chi connectivity index (χ1v) is 9.61. The SMILES string of the molecule is CCCCSC1=C(C)OCN(C(C)(C)C(=O)Nc2cccc(F)c2)C1=O. The van der Waals surface area contributed by atoms with Crippen molar-refractivity contribution in [2.75, 3.05) is 17.8 Å². The number of allylic oxidation sites excluding steroid dienone is 1. The summed E-state index contributed by atoms with van der Waals surface area (Å²) in [5, 5.41) is 2.67. The molecule has 1 aromatic carbocycles. The van der Waals surface area contributed by atoms with Crippen LogP contribution in [0.1, 0.15) is 40.5 Å². The molecule has 0 unspecified atom stereocenters. The second-order valence-electron chi connectivity index (χ2n) is 6.62. The summed E-state index contributed by atoms with van der Waals surface area (Å²) in [5.74, 6) is 0.355. The molecule has 142 valence electrons. The minimum atomic E-state index is -1.15. The third kappa shape index (κ3) is 4.58. The van der Waals surface area contributed by atoms with Crippen LogP contribution in [0.15, 0.2) is 34.9 Å². The Bertz CT molecular complexity index is 718. The highest BCUT2D eigenvalue weighted by atomic mass is 32.2. The summed E-state index contributed by atoms with van der Waals surface area (Å²) in [6.07, 6.45) is 2.04. The van der Waals surface area contributed by atoms with Gasteiger partial charge in [0.05, 0.1) is 0 Å². The number of hydrogen-bond donors (Lipinski definition) is 1. The van der Waals surface area contributed by atoms with Crippen LogP contribution in [0.5, 0.6) is 0 Å². The van der Waals surface area contributed by atoms with Crippen molar-refractivity contribution >= 4 is 29.3 Å². The average Bonchev–Trinajstić information content (AvgIpc) is 2.57. The van der Waals surface area contributed by atoms with Crippen LogP contribution in [-0.4, -0.2) is 34.7 Å². The van der Waals surface area contributed by atoms with Crippen molar-refractivity contribution in [2.24, 2.45) is 0 Å². The lowest BCUT2D eigenvalue weighted by molar-refractivity contribution is -0.148. The normalized spacial score (nSPS) is 15.1. The van der Waals surface area contributed by atoms with E-state index in [1.807, 2.05) is 0 Å². The number of carbonyl (C=O) groups excluding carboxylic acids is 2. The number of unbranched alkanes of at least 4 members (excludes halogenated alkanes) is 1. The van der Waals surface area contributed by atoms with E-state index in [4.69, 9.17) is 4.74 Å². The predicted molar refractivity (Wildman–Crippen MR) is 102 cm³/mol. The van der Waals surface area contributed by atoms with E-state index in [2.05, 4.69) is 12.2 Å². The Morgan fingerprint density at radius 3 is 2.81 bits per heavy atom. The molecule has 0 aromatic heterocycles. The highest BCUT2D eigenvalue weighted by Gasteiger charge is 2.42. The van der Waals surface area contributed by atoms with Gasteiger partial charge in [-0.3, -0.25) is 14.5 Å². The van der Waals surface area contributed by atoms with Crippen molar-refractivity contribution in [3.8, 4) is 0 Å². The number of amides is 2. The lowest BCUT2D eigenvalue weighted by atomic mass is 10.0. The van der Waals surface area contributed by atoms with Crippen LogP contribution in [0, 0.1) is 5.82 Å². The second-order valence-corrected chi connectivity index (χ2v) is 7.72. The molecule has 0 saturated carbocycles. The van der Waals surface area contributed by atoms with Crippen LogP contribution in [0.4, 0.5) is 10.1 Å². The molecule has 0 fully saturated rings. The van der Waals surface area contributed by atoms with Crippen molar-refractivity contribution in [3.63, 3.8) is 0 Å². The van der Waals surface area contributed by atoms with E-state index in [-0.39, 0.29) is 12.6 Å². The zero-order chi connectivity index (χ0) is 19.3. The number of halogens is 1. The average molecular weight is 380 g/mol. The maximum atomic E-state index is 13.3. The second kappa shape index (κ2) is 8.58. The maximum absolute atomic E-state index is 13.3. The van der Waals surface area contributed by atoms with Crippen molar-refractivity contribution in [1.82, 2.24) is 4.90 Å². The maximum Gasteiger partial charge on any atom is 0.267 e. The number of thioether (sulfide) groups is 1. The van der Waals surface area contributed by atoms with Crippen molar-refractivity contribution in [2.45, 2.75) is 46.1 Å². The zero-order valence-electron chi connectivity index (χ0n) is 15.6. The van der Waals surface area contributed by atoms with Crippen LogP contribution >= 0.6 is 11.8 Å². The molecule has 2 amide bonds. The Morgan fingerprint density at radius 1 is 1.42 bits per heavy atom. The van der Waals surface area contributed by atoms with Gasteiger partial charge in [0.15, 0.2) is 6.73 Å². The number of rotatable bonds is 7. The Balaban J connectivity index is 2.14. The fourth-order valence-electron chi connectivity index (χ4n) is 2.43. The molecular formula is C19H25FN2O3S. The minimum Gasteiger partial charge on any atom is -0.476 e. The lowest BCUT2D eigenvalue weighted by Gasteiger charge is -2.39. The van der Waals surface area contributed by atoms with E-state index in [9.17, 15) is 14.0 Å². The van der Waals surface area contributed by atoms with Crippen LogP contribution in [-0.2, 0) is 14.3 Å². The number of hydrogen-bond acceptors (Lipinski definition) is 4. The molecule has 0 radical (unpaired) electrons. The number of carbonyl (C=O) groups is 2. The summed E-state index contributed by atoms with van der Waals surface area (Å²) in [5.41, 5.74) is -0.807. The quantitative estimate of drug-likeness (QED) is 0.723. The van der Waals surface area contributed by atoms with Crippen molar-refractivity contribution < 1.29 is 18.7 Å². The van der Waals surface area contributed by atoms with Gasteiger partial charge in [0.1, 0.15) is 22.0 Å². The first-order valence-electron chi connectivity index (χ1n) is 8.62. The molecule has 0 atom stereocenters. The molecule has 0 saturated heterocycles. The Labute approximate surface area is 158 Å². The van der Waals surface area contributed by atoms with Gasteiger partial charge in [0, 0.05) is 5.69 Å². The molecule has 0 aliphatic carbocycles. The standard InChI is InChI=1S/C19H25FN2O3S/c1-5-6-10-26-16-13(2)25-12-22(17(16)23)19(3,4)18(24)21-15-9-7-8-14(20)11-15/h7-9,11H,5-6,10,12H2,1-4H3,(H,21,24). The highest BCUT2D eigenvalue weighted by Crippen LogP contribution is 2.32. The van der Waals surface area contributed by atoms with Crippen LogP contribution in [0.25, 0.3) is 0 Å². The molecule has 1 aliphatic heterocycles. The van der Waals surface area contributed by atoms with Gasteiger partial charge >= 0.3 is 0 Å². The molecular weight excluding hydrogens is 355 g/mol. The third-order valence-electron chi connectivity index (χ3n) is 4.23. The third-order valence-corrected chi connectivity index (χ3v) is 5.47. The van der Waals surface area contributed by atoms with Crippen LogP contribution in [0.2, 0.25) is 0 Å². The van der Waals surface area contributed by atoms with Crippen molar-refractivity contribution in [1.29, 1.82) is 0 Å². The molecule has 0 spiro atoms. The number of anilines is 1. The van der Waals surface area contributed by atoms with E-state index >= 15 is 0 Å². The summed E-state index contributed by atoms with van der Waals surface area (Å²) in [6, 6.07) is 5.65. The number of ether oxygens (including phenoxy) is 1. The number of benzene rings is 1. The van der Waals surface area contributed by atoms with Gasteiger partial charge in [-0.25, -0.2) is 4.39 Å². The van der Waals surface area contributed by atoms with Crippen LogP contribution in [0.3, 0.4) is 0 Å². The largest absolute Gasteiger partial charge is 0.476 e. The molecule has 7 heteroatoms. The smallest absolute Gasteiger partial charge is 0.267 e. The Hall–Kier alpha value is -2.02. The van der Waals surface area contributed by atoms with E-state index < -0.39 is 17.3 Å². The molecule has 1 aromatic rings. The fraction of sp³-hybridized carbons (Fsp3) is 0.474. The van der Waals surface area contributed by atoms with E-state index in [1.165, 1.54) is 34.9 Å². The van der Waals surface area contributed by atoms with Gasteiger partial charge in [-0.05, 0) is 51.1 Å². The fourth-order valence-corrected chi connectivity index (χ4v) is 3.56. The summed E-state index contributed by atoms with van der Waals surface area (Å²) in [7, 11) is 0. The summed E-state index contributed by atoms with van der Waals surface area (Å²) < 4.78 is 19.0. The summed E-state index contributed by atoms with van der Waals surface area (Å²) in [6.45, 7) is 7.16. The van der Waals surface area contributed by atoms with E-state index in [1.54, 1.807) is 26.8 Å². The highest BCUT2D eigenvalue weighted by molar-refractivity contribution is 8.04. The predicted octanol–water partition coefficient (Wildman–Crippen LogP) is 4.12. The molecule has 1 aliphatic rings. The Kier molecular flexibility index (Phi) is 6.69. The van der Waals surface area contributed by atoms with Crippen LogP contribution < -0.4 is 5.32 Å². The van der Waals surface area contributed by atoms with E-state index in [0.29, 0.717) is 16.4 Å². The summed E-state index contributed by atoms with van der Waals surface area (Å²) >= 11 is 1.46. The molecule has 1 heterocycles. The van der Waals surface area contributed by atoms with Gasteiger partial charge in [0.25, 0.3) is 5.91 Å². The molecule has 26 heavy (non-hydrogen) atoms. The monoisotopic (exact) mass is 380 g/mol. The van der Waals surface area contributed by atoms with Crippen molar-refractivity contribution in [3.05, 3.63) is 40.7 Å². The molecule has 2 rings (SSSR count).